The third kappa shape index (κ3) is 4.05. The van der Waals surface area contributed by atoms with E-state index in [4.69, 9.17) is 0 Å². The minimum absolute atomic E-state index is 0.0612. The molecular weight excluding hydrogens is 356 g/mol. The number of nitrogens with one attached hydrogen (secondary N) is 2. The zero-order chi connectivity index (χ0) is 18.7. The molecule has 0 saturated heterocycles. The Morgan fingerprint density at radius 1 is 1.15 bits per heavy atom. The van der Waals surface area contributed by atoms with Crippen LogP contribution in [0.25, 0.3) is 0 Å². The highest BCUT2D eigenvalue weighted by molar-refractivity contribution is 7.17. The van der Waals surface area contributed by atoms with Crippen molar-refractivity contribution in [3.05, 3.63) is 70.2 Å². The third-order valence-electron chi connectivity index (χ3n) is 3.76. The lowest BCUT2D eigenvalue weighted by Gasteiger charge is -2.07. The average Bonchev–Trinajstić information content (AvgIpc) is 2.95. The van der Waals surface area contributed by atoms with Crippen molar-refractivity contribution in [1.82, 2.24) is 4.98 Å². The number of halogens is 2. The fourth-order valence-corrected chi connectivity index (χ4v) is 3.41. The first-order valence-electron chi connectivity index (χ1n) is 8.06. The minimum atomic E-state index is -0.750. The first-order valence-corrected chi connectivity index (χ1v) is 8.87. The zero-order valence-corrected chi connectivity index (χ0v) is 15.1. The van der Waals surface area contributed by atoms with E-state index in [2.05, 4.69) is 22.5 Å². The average molecular weight is 373 g/mol. The lowest BCUT2D eigenvalue weighted by Crippen LogP contribution is -2.11. The Kier molecular flexibility index (Phi) is 5.27. The summed E-state index contributed by atoms with van der Waals surface area (Å²) in [6.07, 6.45) is 0.867. The quantitative estimate of drug-likeness (QED) is 0.639. The molecule has 134 valence electrons. The van der Waals surface area contributed by atoms with Crippen LogP contribution < -0.4 is 10.6 Å². The molecule has 3 aromatic rings. The first kappa shape index (κ1) is 18.0. The number of thiazole rings is 1. The van der Waals surface area contributed by atoms with E-state index >= 15 is 0 Å². The van der Waals surface area contributed by atoms with Gasteiger partial charge < -0.3 is 10.6 Å². The molecule has 0 radical (unpaired) electrons. The minimum Gasteiger partial charge on any atom is -0.331 e. The van der Waals surface area contributed by atoms with Gasteiger partial charge in [0.05, 0.1) is 5.69 Å². The Labute approximate surface area is 153 Å². The molecule has 7 heteroatoms. The Hall–Kier alpha value is -2.80. The molecule has 26 heavy (non-hydrogen) atoms. The van der Waals surface area contributed by atoms with Gasteiger partial charge in [0.1, 0.15) is 16.5 Å². The fourth-order valence-electron chi connectivity index (χ4n) is 2.54. The number of nitrogens with zero attached hydrogens (tertiary/aromatic N) is 1. The summed E-state index contributed by atoms with van der Waals surface area (Å²) in [6.45, 7) is 3.78. The van der Waals surface area contributed by atoms with Crippen molar-refractivity contribution in [2.45, 2.75) is 20.3 Å². The van der Waals surface area contributed by atoms with Gasteiger partial charge in [0, 0.05) is 17.4 Å². The number of aromatic nitrogens is 1. The molecule has 0 aliphatic carbocycles. The SMILES string of the molecule is CCc1ccccc1Nc1nc(C)c(C(=O)Nc2cc(F)cc(F)c2)s1. The zero-order valence-electron chi connectivity index (χ0n) is 14.3. The topological polar surface area (TPSA) is 54.0 Å². The van der Waals surface area contributed by atoms with Crippen LogP contribution in [-0.2, 0) is 6.42 Å². The van der Waals surface area contributed by atoms with Gasteiger partial charge in [-0.25, -0.2) is 13.8 Å². The van der Waals surface area contributed by atoms with Crippen molar-refractivity contribution < 1.29 is 13.6 Å². The van der Waals surface area contributed by atoms with Crippen molar-refractivity contribution in [1.29, 1.82) is 0 Å². The molecule has 0 bridgehead atoms. The number of para-hydroxylation sites is 1. The molecule has 0 spiro atoms. The lowest BCUT2D eigenvalue weighted by atomic mass is 10.1. The molecule has 0 fully saturated rings. The van der Waals surface area contributed by atoms with Crippen molar-refractivity contribution in [3.8, 4) is 0 Å². The molecular formula is C19H17F2N3OS. The van der Waals surface area contributed by atoms with E-state index in [9.17, 15) is 13.6 Å². The summed E-state index contributed by atoms with van der Waals surface area (Å²) >= 11 is 1.19. The van der Waals surface area contributed by atoms with Gasteiger partial charge in [0.25, 0.3) is 5.91 Å². The summed E-state index contributed by atoms with van der Waals surface area (Å²) in [7, 11) is 0. The highest BCUT2D eigenvalue weighted by Gasteiger charge is 2.17. The van der Waals surface area contributed by atoms with Crippen LogP contribution in [0.4, 0.5) is 25.3 Å². The predicted molar refractivity (Wildman–Crippen MR) is 100 cm³/mol. The van der Waals surface area contributed by atoms with Crippen LogP contribution in [0.3, 0.4) is 0 Å². The molecule has 1 amide bonds. The van der Waals surface area contributed by atoms with Crippen LogP contribution in [0, 0.1) is 18.6 Å². The molecule has 0 aliphatic heterocycles. The molecule has 4 nitrogen and oxygen atoms in total. The van der Waals surface area contributed by atoms with Crippen LogP contribution in [0.2, 0.25) is 0 Å². The van der Waals surface area contributed by atoms with Crippen molar-refractivity contribution in [3.63, 3.8) is 0 Å². The van der Waals surface area contributed by atoms with Gasteiger partial charge in [-0.3, -0.25) is 4.79 Å². The highest BCUT2D eigenvalue weighted by atomic mass is 32.1. The number of amides is 1. The number of aryl methyl sites for hydroxylation is 2. The third-order valence-corrected chi connectivity index (χ3v) is 4.83. The second-order valence-electron chi connectivity index (χ2n) is 5.68. The molecule has 0 atom stereocenters. The van der Waals surface area contributed by atoms with Crippen LogP contribution >= 0.6 is 11.3 Å². The maximum atomic E-state index is 13.3. The number of anilines is 3. The number of hydrogen-bond donors (Lipinski definition) is 2. The number of carbonyl (C=O) groups is 1. The Morgan fingerprint density at radius 3 is 2.54 bits per heavy atom. The van der Waals surface area contributed by atoms with Crippen molar-refractivity contribution in [2.24, 2.45) is 0 Å². The summed E-state index contributed by atoms with van der Waals surface area (Å²) in [4.78, 5) is 17.2. The largest absolute Gasteiger partial charge is 0.331 e. The van der Waals surface area contributed by atoms with Crippen molar-refractivity contribution in [2.75, 3.05) is 10.6 Å². The first-order chi connectivity index (χ1) is 12.5. The Bertz CT molecular complexity index is 935. The summed E-state index contributed by atoms with van der Waals surface area (Å²) in [5, 5.41) is 6.32. The van der Waals surface area contributed by atoms with E-state index in [0.29, 0.717) is 15.7 Å². The second kappa shape index (κ2) is 7.61. The van der Waals surface area contributed by atoms with Crippen LogP contribution in [0.15, 0.2) is 42.5 Å². The Morgan fingerprint density at radius 2 is 1.85 bits per heavy atom. The summed E-state index contributed by atoms with van der Waals surface area (Å²) in [6, 6.07) is 10.7. The van der Waals surface area contributed by atoms with Gasteiger partial charge in [0.15, 0.2) is 5.13 Å². The molecule has 1 heterocycles. The van der Waals surface area contributed by atoms with E-state index in [1.165, 1.54) is 11.3 Å². The van der Waals surface area contributed by atoms with Crippen LogP contribution in [0.1, 0.15) is 27.9 Å². The molecule has 0 aliphatic rings. The number of carbonyl (C=O) groups excluding carboxylic acids is 1. The molecule has 3 rings (SSSR count). The number of hydrogen-bond acceptors (Lipinski definition) is 4. The molecule has 2 N–H and O–H groups in total. The van der Waals surface area contributed by atoms with E-state index in [1.807, 2.05) is 24.3 Å². The molecule has 0 saturated carbocycles. The predicted octanol–water partition coefficient (Wildman–Crippen LogP) is 5.29. The highest BCUT2D eigenvalue weighted by Crippen LogP contribution is 2.28. The maximum Gasteiger partial charge on any atom is 0.267 e. The van der Waals surface area contributed by atoms with Gasteiger partial charge in [-0.1, -0.05) is 36.5 Å². The molecule has 1 aromatic heterocycles. The van der Waals surface area contributed by atoms with Gasteiger partial charge in [-0.05, 0) is 37.1 Å². The maximum absolute atomic E-state index is 13.3. The fraction of sp³-hybridized carbons (Fsp3) is 0.158. The van der Waals surface area contributed by atoms with Gasteiger partial charge in [-0.15, -0.1) is 0 Å². The number of benzene rings is 2. The smallest absolute Gasteiger partial charge is 0.267 e. The standard InChI is InChI=1S/C19H17F2N3OS/c1-3-12-6-4-5-7-16(12)24-19-22-11(2)17(26-19)18(25)23-15-9-13(20)8-14(21)10-15/h4-10H,3H2,1-2H3,(H,22,24)(H,23,25). The van der Waals surface area contributed by atoms with E-state index < -0.39 is 17.5 Å². The second-order valence-corrected chi connectivity index (χ2v) is 6.68. The van der Waals surface area contributed by atoms with Crippen LogP contribution in [-0.4, -0.2) is 10.9 Å². The summed E-state index contributed by atoms with van der Waals surface area (Å²) in [5.41, 5.74) is 2.68. The van der Waals surface area contributed by atoms with Crippen LogP contribution in [0.5, 0.6) is 0 Å². The van der Waals surface area contributed by atoms with E-state index in [-0.39, 0.29) is 5.69 Å². The van der Waals surface area contributed by atoms with E-state index in [0.717, 1.165) is 35.9 Å². The Balaban J connectivity index is 1.80. The van der Waals surface area contributed by atoms with E-state index in [1.54, 1.807) is 6.92 Å². The summed E-state index contributed by atoms with van der Waals surface area (Å²) < 4.78 is 26.5. The number of rotatable bonds is 5. The van der Waals surface area contributed by atoms with Gasteiger partial charge in [-0.2, -0.15) is 0 Å². The van der Waals surface area contributed by atoms with Gasteiger partial charge >= 0.3 is 0 Å². The normalized spacial score (nSPS) is 10.6. The lowest BCUT2D eigenvalue weighted by molar-refractivity contribution is 0.103. The molecule has 2 aromatic carbocycles. The van der Waals surface area contributed by atoms with Crippen molar-refractivity contribution >= 4 is 33.8 Å². The van der Waals surface area contributed by atoms with Gasteiger partial charge in [0.2, 0.25) is 0 Å². The summed E-state index contributed by atoms with van der Waals surface area (Å²) in [5.74, 6) is -1.96. The monoisotopic (exact) mass is 373 g/mol. The molecule has 0 unspecified atom stereocenters.